The average molecular weight is 320 g/mol. The fraction of sp³-hybridized carbons (Fsp3) is 0.353. The van der Waals surface area contributed by atoms with Crippen molar-refractivity contribution in [3.05, 3.63) is 35.4 Å². The molecular formula is C17H20O6. The van der Waals surface area contributed by atoms with E-state index in [-0.39, 0.29) is 30.9 Å². The molecule has 1 aromatic rings. The van der Waals surface area contributed by atoms with Crippen molar-refractivity contribution >= 4 is 18.5 Å². The zero-order chi connectivity index (χ0) is 17.2. The van der Waals surface area contributed by atoms with Crippen molar-refractivity contribution in [3.63, 3.8) is 0 Å². The largest absolute Gasteiger partial charge is 0.504 e. The molecular weight excluding hydrogens is 300 g/mol. The van der Waals surface area contributed by atoms with E-state index in [4.69, 9.17) is 4.74 Å². The summed E-state index contributed by atoms with van der Waals surface area (Å²) in [7, 11) is 0. The number of benzene rings is 1. The van der Waals surface area contributed by atoms with Crippen LogP contribution in [0.15, 0.2) is 29.8 Å². The number of allylic oxidation sites excluding steroid dienone is 2. The monoisotopic (exact) mass is 320 g/mol. The van der Waals surface area contributed by atoms with Crippen LogP contribution in [0.1, 0.15) is 25.3 Å². The van der Waals surface area contributed by atoms with Crippen LogP contribution in [-0.4, -0.2) is 35.4 Å². The van der Waals surface area contributed by atoms with Crippen molar-refractivity contribution in [2.75, 3.05) is 6.61 Å². The van der Waals surface area contributed by atoms with Gasteiger partial charge in [0.05, 0.1) is 13.0 Å². The Hall–Kier alpha value is -2.63. The summed E-state index contributed by atoms with van der Waals surface area (Å²) in [5, 5.41) is 18.6. The summed E-state index contributed by atoms with van der Waals surface area (Å²) >= 11 is 0. The van der Waals surface area contributed by atoms with Crippen LogP contribution in [0.2, 0.25) is 0 Å². The van der Waals surface area contributed by atoms with Crippen molar-refractivity contribution in [1.82, 2.24) is 0 Å². The maximum absolute atomic E-state index is 11.8. The van der Waals surface area contributed by atoms with Crippen molar-refractivity contribution in [3.8, 4) is 11.5 Å². The second-order valence-corrected chi connectivity index (χ2v) is 5.00. The summed E-state index contributed by atoms with van der Waals surface area (Å²) in [6, 6.07) is 4.36. The number of phenolic OH excluding ortho intramolecular Hbond substituents is 2. The molecule has 124 valence electrons. The number of aromatic hydroxyl groups is 2. The van der Waals surface area contributed by atoms with Crippen LogP contribution in [0.3, 0.4) is 0 Å². The first-order valence-corrected chi connectivity index (χ1v) is 7.23. The third-order valence-corrected chi connectivity index (χ3v) is 3.43. The van der Waals surface area contributed by atoms with Gasteiger partial charge in [-0.1, -0.05) is 12.1 Å². The Labute approximate surface area is 134 Å². The molecule has 2 N–H and O–H groups in total. The molecule has 0 saturated heterocycles. The van der Waals surface area contributed by atoms with Crippen LogP contribution in [0.4, 0.5) is 0 Å². The van der Waals surface area contributed by atoms with Crippen molar-refractivity contribution in [2.45, 2.75) is 26.2 Å². The first-order chi connectivity index (χ1) is 11.0. The molecule has 0 heterocycles. The molecule has 0 aromatic heterocycles. The second-order valence-electron chi connectivity index (χ2n) is 5.00. The zero-order valence-electron chi connectivity index (χ0n) is 12.9. The standard InChI is InChI=1S/C17H20O6/c1-2-13(11-19)14(5-7-18)10-17(22)23-8-6-12-3-4-15(20)16(21)9-12/h2-4,7,9,11,14,20-21H,5-6,8,10H2,1H3/b13-2+. The molecule has 0 aliphatic heterocycles. The van der Waals surface area contributed by atoms with Gasteiger partial charge in [-0.2, -0.15) is 0 Å². The van der Waals surface area contributed by atoms with Gasteiger partial charge in [0.2, 0.25) is 0 Å². The lowest BCUT2D eigenvalue weighted by Crippen LogP contribution is -2.16. The van der Waals surface area contributed by atoms with Crippen LogP contribution in [0, 0.1) is 5.92 Å². The van der Waals surface area contributed by atoms with Gasteiger partial charge in [0, 0.05) is 18.8 Å². The highest BCUT2D eigenvalue weighted by molar-refractivity contribution is 5.78. The Bertz CT molecular complexity index is 591. The van der Waals surface area contributed by atoms with Crippen LogP contribution in [0.25, 0.3) is 0 Å². The summed E-state index contributed by atoms with van der Waals surface area (Å²) in [6.45, 7) is 1.77. The van der Waals surface area contributed by atoms with E-state index in [0.29, 0.717) is 30.1 Å². The van der Waals surface area contributed by atoms with Crippen LogP contribution >= 0.6 is 0 Å². The quantitative estimate of drug-likeness (QED) is 0.312. The Morgan fingerprint density at radius 1 is 1.26 bits per heavy atom. The highest BCUT2D eigenvalue weighted by Crippen LogP contribution is 2.25. The van der Waals surface area contributed by atoms with Crippen LogP contribution in [0.5, 0.6) is 11.5 Å². The number of ether oxygens (including phenoxy) is 1. The summed E-state index contributed by atoms with van der Waals surface area (Å²) in [6.07, 6.45) is 3.30. The number of carbonyl (C=O) groups excluding carboxylic acids is 3. The number of rotatable bonds is 9. The fourth-order valence-corrected chi connectivity index (χ4v) is 2.12. The predicted octanol–water partition coefficient (Wildman–Crippen LogP) is 1.92. The first-order valence-electron chi connectivity index (χ1n) is 7.23. The minimum atomic E-state index is -0.499. The summed E-state index contributed by atoms with van der Waals surface area (Å²) in [5.41, 5.74) is 1.11. The topological polar surface area (TPSA) is 101 Å². The molecule has 0 aliphatic rings. The Kier molecular flexibility index (Phi) is 7.53. The highest BCUT2D eigenvalue weighted by Gasteiger charge is 2.18. The molecule has 0 radical (unpaired) electrons. The van der Waals surface area contributed by atoms with Crippen molar-refractivity contribution in [1.29, 1.82) is 0 Å². The van der Waals surface area contributed by atoms with Crippen LogP contribution < -0.4 is 0 Å². The number of aldehydes is 2. The van der Waals surface area contributed by atoms with Gasteiger partial charge >= 0.3 is 5.97 Å². The van der Waals surface area contributed by atoms with Gasteiger partial charge < -0.3 is 19.7 Å². The fourth-order valence-electron chi connectivity index (χ4n) is 2.12. The molecule has 0 aliphatic carbocycles. The lowest BCUT2D eigenvalue weighted by atomic mass is 9.93. The predicted molar refractivity (Wildman–Crippen MR) is 83.0 cm³/mol. The number of carbonyl (C=O) groups is 3. The van der Waals surface area contributed by atoms with Crippen LogP contribution in [-0.2, 0) is 25.5 Å². The van der Waals surface area contributed by atoms with Gasteiger partial charge in [0.25, 0.3) is 0 Å². The number of esters is 1. The number of hydrogen-bond acceptors (Lipinski definition) is 6. The Morgan fingerprint density at radius 3 is 2.57 bits per heavy atom. The van der Waals surface area contributed by atoms with Gasteiger partial charge in [-0.3, -0.25) is 9.59 Å². The van der Waals surface area contributed by atoms with E-state index in [1.807, 2.05) is 0 Å². The maximum Gasteiger partial charge on any atom is 0.306 e. The molecule has 1 aromatic carbocycles. The normalized spacial score (nSPS) is 12.5. The average Bonchev–Trinajstić information content (AvgIpc) is 2.52. The minimum absolute atomic E-state index is 0.0437. The highest BCUT2D eigenvalue weighted by atomic mass is 16.5. The van der Waals surface area contributed by atoms with E-state index in [9.17, 15) is 24.6 Å². The molecule has 1 atom stereocenters. The summed E-state index contributed by atoms with van der Waals surface area (Å²) in [4.78, 5) is 33.4. The van der Waals surface area contributed by atoms with E-state index >= 15 is 0 Å². The lowest BCUT2D eigenvalue weighted by molar-refractivity contribution is -0.144. The molecule has 6 nitrogen and oxygen atoms in total. The number of hydrogen-bond donors (Lipinski definition) is 2. The third-order valence-electron chi connectivity index (χ3n) is 3.43. The van der Waals surface area contributed by atoms with Gasteiger partial charge in [-0.25, -0.2) is 0 Å². The van der Waals surface area contributed by atoms with E-state index < -0.39 is 11.9 Å². The van der Waals surface area contributed by atoms with Crippen molar-refractivity contribution in [2.24, 2.45) is 5.92 Å². The smallest absolute Gasteiger partial charge is 0.306 e. The zero-order valence-corrected chi connectivity index (χ0v) is 12.9. The lowest BCUT2D eigenvalue weighted by Gasteiger charge is -2.13. The van der Waals surface area contributed by atoms with Gasteiger partial charge in [0.1, 0.15) is 12.6 Å². The van der Waals surface area contributed by atoms with E-state index in [2.05, 4.69) is 0 Å². The molecule has 0 spiro atoms. The molecule has 0 bridgehead atoms. The van der Waals surface area contributed by atoms with Crippen molar-refractivity contribution < 1.29 is 29.3 Å². The third kappa shape index (κ3) is 5.94. The molecule has 23 heavy (non-hydrogen) atoms. The molecule has 6 heteroatoms. The Balaban J connectivity index is 2.50. The van der Waals surface area contributed by atoms with E-state index in [0.717, 1.165) is 0 Å². The Morgan fingerprint density at radius 2 is 2.00 bits per heavy atom. The maximum atomic E-state index is 11.8. The minimum Gasteiger partial charge on any atom is -0.504 e. The summed E-state index contributed by atoms with van der Waals surface area (Å²) < 4.78 is 5.09. The molecule has 0 saturated carbocycles. The summed E-state index contributed by atoms with van der Waals surface area (Å²) in [5.74, 6) is -1.42. The molecule has 1 rings (SSSR count). The van der Waals surface area contributed by atoms with E-state index in [1.54, 1.807) is 19.1 Å². The molecule has 1 unspecified atom stereocenters. The van der Waals surface area contributed by atoms with Gasteiger partial charge in [-0.15, -0.1) is 0 Å². The molecule has 0 fully saturated rings. The first kappa shape index (κ1) is 18.4. The van der Waals surface area contributed by atoms with Gasteiger partial charge in [-0.05, 0) is 30.2 Å². The second kappa shape index (κ2) is 9.40. The molecule has 0 amide bonds. The van der Waals surface area contributed by atoms with E-state index in [1.165, 1.54) is 12.1 Å². The number of phenols is 2. The van der Waals surface area contributed by atoms with Gasteiger partial charge in [0.15, 0.2) is 11.5 Å². The SMILES string of the molecule is C/C=C(\C=O)C(CC=O)CC(=O)OCCc1ccc(O)c(O)c1.